The van der Waals surface area contributed by atoms with Crippen LogP contribution in [0.1, 0.15) is 52.2 Å². The third kappa shape index (κ3) is 3.79. The summed E-state index contributed by atoms with van der Waals surface area (Å²) < 4.78 is 11.0. The van der Waals surface area contributed by atoms with Crippen molar-refractivity contribution in [3.63, 3.8) is 0 Å². The molecular formula is C22H26N2O5S. The van der Waals surface area contributed by atoms with Crippen LogP contribution in [0.3, 0.4) is 0 Å². The van der Waals surface area contributed by atoms with Gasteiger partial charge >= 0.3 is 0 Å². The smallest absolute Gasteiger partial charge is 0.290 e. The number of ketones is 1. The van der Waals surface area contributed by atoms with Gasteiger partial charge in [-0.2, -0.15) is 0 Å². The van der Waals surface area contributed by atoms with E-state index >= 15 is 0 Å². The first-order valence-corrected chi connectivity index (χ1v) is 10.7. The van der Waals surface area contributed by atoms with Crippen LogP contribution in [0.4, 0.5) is 0 Å². The number of benzene rings is 1. The van der Waals surface area contributed by atoms with Gasteiger partial charge in [-0.1, -0.05) is 13.0 Å². The Morgan fingerprint density at radius 2 is 2.00 bits per heavy atom. The molecule has 3 rings (SSSR count). The van der Waals surface area contributed by atoms with Crippen LogP contribution in [-0.2, 0) is 4.79 Å². The van der Waals surface area contributed by atoms with Crippen LogP contribution >= 0.6 is 11.3 Å². The molecule has 0 spiro atoms. The summed E-state index contributed by atoms with van der Waals surface area (Å²) in [5.74, 6) is -0.344. The Balaban J connectivity index is 2.14. The van der Waals surface area contributed by atoms with E-state index in [0.717, 1.165) is 5.01 Å². The minimum atomic E-state index is -0.711. The normalized spacial score (nSPS) is 16.4. The Hall–Kier alpha value is -2.87. The van der Waals surface area contributed by atoms with Crippen molar-refractivity contribution < 1.29 is 24.2 Å². The van der Waals surface area contributed by atoms with Gasteiger partial charge in [0, 0.05) is 6.54 Å². The fourth-order valence-corrected chi connectivity index (χ4v) is 4.57. The van der Waals surface area contributed by atoms with E-state index in [1.54, 1.807) is 32.2 Å². The van der Waals surface area contributed by atoms with E-state index in [-0.39, 0.29) is 11.4 Å². The predicted octanol–water partition coefficient (Wildman–Crippen LogP) is 4.16. The highest BCUT2D eigenvalue weighted by Gasteiger charge is 2.44. The molecule has 30 heavy (non-hydrogen) atoms. The van der Waals surface area contributed by atoms with E-state index < -0.39 is 17.7 Å². The summed E-state index contributed by atoms with van der Waals surface area (Å²) in [6, 6.07) is 4.59. The van der Waals surface area contributed by atoms with Crippen LogP contribution in [0.2, 0.25) is 0 Å². The molecule has 0 bridgehead atoms. The topological polar surface area (TPSA) is 89.0 Å². The number of carbonyl (C=O) groups excluding carboxylic acids is 2. The van der Waals surface area contributed by atoms with E-state index in [2.05, 4.69) is 4.98 Å². The van der Waals surface area contributed by atoms with E-state index in [1.165, 1.54) is 16.2 Å². The first-order valence-electron chi connectivity index (χ1n) is 9.87. The lowest BCUT2D eigenvalue weighted by Gasteiger charge is -2.27. The third-order valence-corrected chi connectivity index (χ3v) is 6.00. The molecule has 0 fully saturated rings. The minimum Gasteiger partial charge on any atom is -0.503 e. The van der Waals surface area contributed by atoms with E-state index in [1.807, 2.05) is 20.8 Å². The second-order valence-corrected chi connectivity index (χ2v) is 8.19. The Bertz CT molecular complexity index is 1010. The van der Waals surface area contributed by atoms with Crippen molar-refractivity contribution >= 4 is 23.0 Å². The summed E-state index contributed by atoms with van der Waals surface area (Å²) >= 11 is 1.26. The maximum atomic E-state index is 13.4. The quantitative estimate of drug-likeness (QED) is 0.633. The number of nitrogens with zero attached hydrogens (tertiary/aromatic N) is 2. The van der Waals surface area contributed by atoms with Crippen LogP contribution in [0.5, 0.6) is 11.5 Å². The molecule has 0 saturated carbocycles. The van der Waals surface area contributed by atoms with Gasteiger partial charge in [-0.25, -0.2) is 4.98 Å². The number of carbonyl (C=O) groups is 2. The van der Waals surface area contributed by atoms with Gasteiger partial charge in [-0.3, -0.25) is 9.59 Å². The monoisotopic (exact) mass is 430 g/mol. The van der Waals surface area contributed by atoms with Crippen LogP contribution < -0.4 is 9.47 Å². The number of thiazole rings is 1. The van der Waals surface area contributed by atoms with Crippen molar-refractivity contribution in [2.45, 2.75) is 40.2 Å². The largest absolute Gasteiger partial charge is 0.503 e. The van der Waals surface area contributed by atoms with Crippen molar-refractivity contribution in [1.29, 1.82) is 0 Å². The first-order chi connectivity index (χ1) is 14.3. The molecule has 1 amide bonds. The van der Waals surface area contributed by atoms with E-state index in [9.17, 15) is 14.7 Å². The molecule has 1 atom stereocenters. The highest BCUT2D eigenvalue weighted by Crippen LogP contribution is 2.42. The van der Waals surface area contributed by atoms with Gasteiger partial charge in [0.1, 0.15) is 0 Å². The van der Waals surface area contributed by atoms with E-state index in [4.69, 9.17) is 9.47 Å². The number of aromatic nitrogens is 1. The zero-order chi connectivity index (χ0) is 22.0. The van der Waals surface area contributed by atoms with Crippen molar-refractivity contribution in [1.82, 2.24) is 9.88 Å². The lowest BCUT2D eigenvalue weighted by molar-refractivity contribution is -0.129. The number of amides is 1. The lowest BCUT2D eigenvalue weighted by atomic mass is 9.94. The summed E-state index contributed by atoms with van der Waals surface area (Å²) in [6.07, 6.45) is 0.685. The van der Waals surface area contributed by atoms with Crippen LogP contribution in [0, 0.1) is 13.8 Å². The number of Topliss-reactive ketones (excluding diaryl/α,β-unsaturated/α-hetero) is 1. The molecule has 0 aliphatic carbocycles. The number of aryl methyl sites for hydroxylation is 2. The van der Waals surface area contributed by atoms with Gasteiger partial charge < -0.3 is 19.5 Å². The summed E-state index contributed by atoms with van der Waals surface area (Å²) in [5.41, 5.74) is 1.34. The van der Waals surface area contributed by atoms with Crippen molar-refractivity contribution in [3.05, 3.63) is 50.7 Å². The Morgan fingerprint density at radius 1 is 1.27 bits per heavy atom. The fraction of sp³-hybridized carbons (Fsp3) is 0.409. The van der Waals surface area contributed by atoms with Gasteiger partial charge in [0.05, 0.1) is 40.9 Å². The van der Waals surface area contributed by atoms with Crippen molar-refractivity contribution in [2.75, 3.05) is 20.3 Å². The molecule has 7 nitrogen and oxygen atoms in total. The highest BCUT2D eigenvalue weighted by atomic mass is 32.1. The average Bonchev–Trinajstić information content (AvgIpc) is 3.18. The van der Waals surface area contributed by atoms with E-state index in [0.29, 0.717) is 47.2 Å². The van der Waals surface area contributed by atoms with Gasteiger partial charge in [0.15, 0.2) is 17.3 Å². The number of hydrogen-bond acceptors (Lipinski definition) is 7. The molecule has 1 aromatic heterocycles. The molecule has 2 heterocycles. The molecule has 2 aromatic rings. The molecule has 8 heteroatoms. The zero-order valence-electron chi connectivity index (χ0n) is 17.8. The maximum Gasteiger partial charge on any atom is 0.290 e. The Kier molecular flexibility index (Phi) is 6.45. The Morgan fingerprint density at radius 3 is 2.57 bits per heavy atom. The molecule has 1 aromatic carbocycles. The number of aliphatic hydroxyl groups is 1. The Labute approximate surface area is 180 Å². The zero-order valence-corrected chi connectivity index (χ0v) is 18.6. The predicted molar refractivity (Wildman–Crippen MR) is 114 cm³/mol. The molecular weight excluding hydrogens is 404 g/mol. The fourth-order valence-electron chi connectivity index (χ4n) is 3.70. The molecule has 0 radical (unpaired) electrons. The standard InChI is InChI=1S/C22H26N2O5S/c1-6-10-24-18(14-8-9-15(28-5)16(11-14)29-7-2)17(20(26)22(24)27)19(25)21-12(3)23-13(4)30-21/h8-9,11,18,26H,6-7,10H2,1-5H3. The first kappa shape index (κ1) is 21.8. The summed E-state index contributed by atoms with van der Waals surface area (Å²) in [6.45, 7) is 8.22. The summed E-state index contributed by atoms with van der Waals surface area (Å²) in [7, 11) is 1.55. The molecule has 1 N–H and O–H groups in total. The van der Waals surface area contributed by atoms with Crippen LogP contribution in [0.25, 0.3) is 0 Å². The maximum absolute atomic E-state index is 13.4. The van der Waals surface area contributed by atoms with Crippen LogP contribution in [-0.4, -0.2) is 46.9 Å². The SMILES string of the molecule is CCCN1C(=O)C(O)=C(C(=O)c2sc(C)nc2C)C1c1ccc(OC)c(OCC)c1. The molecule has 1 aliphatic heterocycles. The number of ether oxygens (including phenoxy) is 2. The van der Waals surface area contributed by atoms with Gasteiger partial charge in [0.25, 0.3) is 5.91 Å². The van der Waals surface area contributed by atoms with Crippen molar-refractivity contribution in [2.24, 2.45) is 0 Å². The van der Waals surface area contributed by atoms with Gasteiger partial charge in [-0.15, -0.1) is 11.3 Å². The second-order valence-electron chi connectivity index (χ2n) is 6.98. The number of methoxy groups -OCH3 is 1. The van der Waals surface area contributed by atoms with Gasteiger partial charge in [0.2, 0.25) is 5.78 Å². The second kappa shape index (κ2) is 8.87. The summed E-state index contributed by atoms with van der Waals surface area (Å²) in [4.78, 5) is 32.6. The third-order valence-electron chi connectivity index (χ3n) is 4.93. The number of rotatable bonds is 8. The molecule has 1 aliphatic rings. The average molecular weight is 431 g/mol. The van der Waals surface area contributed by atoms with Crippen molar-refractivity contribution in [3.8, 4) is 11.5 Å². The molecule has 160 valence electrons. The minimum absolute atomic E-state index is 0.0767. The molecule has 0 saturated heterocycles. The lowest BCUT2D eigenvalue weighted by Crippen LogP contribution is -2.31. The summed E-state index contributed by atoms with van der Waals surface area (Å²) in [5, 5.41) is 11.4. The molecule has 1 unspecified atom stereocenters. The number of aliphatic hydroxyl groups excluding tert-OH is 1. The number of hydrogen-bond donors (Lipinski definition) is 1. The highest BCUT2D eigenvalue weighted by molar-refractivity contribution is 7.14. The van der Waals surface area contributed by atoms with Gasteiger partial charge in [-0.05, 0) is 44.9 Å². The van der Waals surface area contributed by atoms with Crippen LogP contribution in [0.15, 0.2) is 29.5 Å².